The minimum Gasteiger partial charge on any atom is -0.497 e. The summed E-state index contributed by atoms with van der Waals surface area (Å²) in [5, 5.41) is 3.86. The summed E-state index contributed by atoms with van der Waals surface area (Å²) in [5.41, 5.74) is 1.68. The highest BCUT2D eigenvalue weighted by Gasteiger charge is 2.24. The number of ether oxygens (including phenoxy) is 1. The topological polar surface area (TPSA) is 41.6 Å². The number of nitrogens with zero attached hydrogens (tertiary/aromatic N) is 1. The van der Waals surface area contributed by atoms with Crippen LogP contribution < -0.4 is 10.1 Å². The number of carbonyl (C=O) groups excluding carboxylic acids is 1. The van der Waals surface area contributed by atoms with Gasteiger partial charge in [-0.05, 0) is 61.8 Å². The minimum absolute atomic E-state index is 0.134. The van der Waals surface area contributed by atoms with Crippen molar-refractivity contribution in [3.8, 4) is 5.75 Å². The fraction of sp³-hybridized carbons (Fsp3) is 0.350. The lowest BCUT2D eigenvalue weighted by Crippen LogP contribution is -2.36. The zero-order valence-corrected chi connectivity index (χ0v) is 16.2. The highest BCUT2D eigenvalue weighted by Crippen LogP contribution is 2.27. The molecule has 0 radical (unpaired) electrons. The number of nitrogens with one attached hydrogen (secondary N) is 1. The zero-order chi connectivity index (χ0) is 18.5. The first-order valence-corrected chi connectivity index (χ1v) is 9.45. The van der Waals surface area contributed by atoms with Gasteiger partial charge >= 0.3 is 0 Å². The van der Waals surface area contributed by atoms with Crippen molar-refractivity contribution in [1.82, 2.24) is 10.2 Å². The molecule has 1 heterocycles. The van der Waals surface area contributed by atoms with Crippen LogP contribution in [-0.2, 0) is 0 Å². The third-order valence-corrected chi connectivity index (χ3v) is 5.46. The molecule has 6 heteroatoms. The van der Waals surface area contributed by atoms with E-state index in [2.05, 4.69) is 22.3 Å². The number of carbonyl (C=O) groups is 1. The lowest BCUT2D eigenvalue weighted by atomic mass is 10.0. The first-order valence-electron chi connectivity index (χ1n) is 8.69. The number of amides is 1. The first kappa shape index (κ1) is 19.0. The van der Waals surface area contributed by atoms with Crippen LogP contribution in [0.5, 0.6) is 5.75 Å². The van der Waals surface area contributed by atoms with E-state index in [0.29, 0.717) is 22.2 Å². The summed E-state index contributed by atoms with van der Waals surface area (Å²) in [4.78, 5) is 14.9. The van der Waals surface area contributed by atoms with Gasteiger partial charge in [-0.3, -0.25) is 9.69 Å². The molecule has 4 nitrogen and oxygen atoms in total. The van der Waals surface area contributed by atoms with Crippen molar-refractivity contribution in [2.75, 3.05) is 26.7 Å². The number of likely N-dealkylation sites (tertiary alicyclic amines) is 1. The Morgan fingerprint density at radius 2 is 1.81 bits per heavy atom. The van der Waals surface area contributed by atoms with Crippen LogP contribution in [0.4, 0.5) is 0 Å². The molecule has 1 fully saturated rings. The molecule has 0 saturated carbocycles. The van der Waals surface area contributed by atoms with E-state index in [-0.39, 0.29) is 11.9 Å². The van der Waals surface area contributed by atoms with Gasteiger partial charge in [0.2, 0.25) is 0 Å². The molecule has 1 amide bonds. The Kier molecular flexibility index (Phi) is 6.41. The van der Waals surface area contributed by atoms with Crippen LogP contribution in [0, 0.1) is 0 Å². The molecule has 0 aliphatic carbocycles. The zero-order valence-electron chi connectivity index (χ0n) is 14.7. The molecular weight excluding hydrogens is 371 g/mol. The summed E-state index contributed by atoms with van der Waals surface area (Å²) >= 11 is 11.9. The number of hydrogen-bond acceptors (Lipinski definition) is 3. The highest BCUT2D eigenvalue weighted by atomic mass is 35.5. The summed E-state index contributed by atoms with van der Waals surface area (Å²) in [6.45, 7) is 2.62. The van der Waals surface area contributed by atoms with Crippen molar-refractivity contribution >= 4 is 29.1 Å². The highest BCUT2D eigenvalue weighted by molar-refractivity contribution is 6.42. The predicted octanol–water partition coefficient (Wildman–Crippen LogP) is 4.57. The van der Waals surface area contributed by atoms with E-state index in [9.17, 15) is 4.79 Å². The van der Waals surface area contributed by atoms with E-state index in [1.165, 1.54) is 18.4 Å². The van der Waals surface area contributed by atoms with Crippen molar-refractivity contribution in [3.05, 3.63) is 63.6 Å². The monoisotopic (exact) mass is 392 g/mol. The van der Waals surface area contributed by atoms with Gasteiger partial charge in [0.1, 0.15) is 5.75 Å². The molecular formula is C20H22Cl2N2O2. The van der Waals surface area contributed by atoms with Crippen LogP contribution in [0.2, 0.25) is 10.0 Å². The quantitative estimate of drug-likeness (QED) is 0.782. The first-order chi connectivity index (χ1) is 12.6. The van der Waals surface area contributed by atoms with Crippen molar-refractivity contribution in [1.29, 1.82) is 0 Å². The molecule has 2 aromatic carbocycles. The molecule has 3 rings (SSSR count). The molecule has 2 aromatic rings. The van der Waals surface area contributed by atoms with Gasteiger partial charge in [0.25, 0.3) is 5.91 Å². The summed E-state index contributed by atoms with van der Waals surface area (Å²) in [6.07, 6.45) is 2.38. The predicted molar refractivity (Wildman–Crippen MR) is 105 cm³/mol. The fourth-order valence-electron chi connectivity index (χ4n) is 3.27. The second kappa shape index (κ2) is 8.76. The molecule has 1 saturated heterocycles. The van der Waals surface area contributed by atoms with E-state index >= 15 is 0 Å². The van der Waals surface area contributed by atoms with Crippen LogP contribution >= 0.6 is 23.2 Å². The van der Waals surface area contributed by atoms with Gasteiger partial charge in [-0.1, -0.05) is 35.3 Å². The van der Waals surface area contributed by atoms with E-state index in [4.69, 9.17) is 27.9 Å². The molecule has 0 spiro atoms. The summed E-state index contributed by atoms with van der Waals surface area (Å²) < 4.78 is 5.24. The van der Waals surface area contributed by atoms with Gasteiger partial charge in [-0.2, -0.15) is 0 Å². The summed E-state index contributed by atoms with van der Waals surface area (Å²) in [5.74, 6) is 0.676. The van der Waals surface area contributed by atoms with Gasteiger partial charge < -0.3 is 10.1 Å². The maximum Gasteiger partial charge on any atom is 0.251 e. The van der Waals surface area contributed by atoms with Crippen LogP contribution in [-0.4, -0.2) is 37.6 Å². The molecule has 1 atom stereocenters. The second-order valence-corrected chi connectivity index (χ2v) is 7.19. The molecule has 0 bridgehead atoms. The maximum atomic E-state index is 12.5. The number of hydrogen-bond donors (Lipinski definition) is 1. The Balaban J connectivity index is 1.72. The lowest BCUT2D eigenvalue weighted by Gasteiger charge is -2.28. The van der Waals surface area contributed by atoms with Gasteiger partial charge in [0.15, 0.2) is 0 Å². The third-order valence-electron chi connectivity index (χ3n) is 4.72. The second-order valence-electron chi connectivity index (χ2n) is 6.37. The van der Waals surface area contributed by atoms with Crippen molar-refractivity contribution in [3.63, 3.8) is 0 Å². The Labute approximate surface area is 164 Å². The Morgan fingerprint density at radius 3 is 2.42 bits per heavy atom. The third kappa shape index (κ3) is 4.50. The maximum absolute atomic E-state index is 12.5. The Bertz CT molecular complexity index is 759. The van der Waals surface area contributed by atoms with Gasteiger partial charge in [0, 0.05) is 12.1 Å². The molecule has 1 aliphatic heterocycles. The van der Waals surface area contributed by atoms with E-state index in [0.717, 1.165) is 18.8 Å². The fourth-order valence-corrected chi connectivity index (χ4v) is 3.56. The van der Waals surface area contributed by atoms with Crippen LogP contribution in [0.25, 0.3) is 0 Å². The van der Waals surface area contributed by atoms with Gasteiger partial charge in [-0.15, -0.1) is 0 Å². The molecule has 138 valence electrons. The molecule has 0 aromatic heterocycles. The number of benzene rings is 2. The summed E-state index contributed by atoms with van der Waals surface area (Å²) in [7, 11) is 1.66. The van der Waals surface area contributed by atoms with E-state index in [1.807, 2.05) is 12.1 Å². The molecule has 26 heavy (non-hydrogen) atoms. The minimum atomic E-state index is -0.152. The normalized spacial score (nSPS) is 15.7. The van der Waals surface area contributed by atoms with Crippen LogP contribution in [0.1, 0.15) is 34.8 Å². The molecule has 1 aliphatic rings. The van der Waals surface area contributed by atoms with Crippen molar-refractivity contribution in [2.24, 2.45) is 0 Å². The average Bonchev–Trinajstić information content (AvgIpc) is 3.19. The number of methoxy groups -OCH3 is 1. The number of halogens is 2. The molecule has 0 unspecified atom stereocenters. The van der Waals surface area contributed by atoms with Gasteiger partial charge in [0.05, 0.1) is 23.2 Å². The Morgan fingerprint density at radius 1 is 1.12 bits per heavy atom. The van der Waals surface area contributed by atoms with E-state index in [1.54, 1.807) is 25.3 Å². The van der Waals surface area contributed by atoms with Crippen molar-refractivity contribution < 1.29 is 9.53 Å². The average molecular weight is 393 g/mol. The van der Waals surface area contributed by atoms with Crippen LogP contribution in [0.3, 0.4) is 0 Å². The van der Waals surface area contributed by atoms with Gasteiger partial charge in [-0.25, -0.2) is 0 Å². The smallest absolute Gasteiger partial charge is 0.251 e. The largest absolute Gasteiger partial charge is 0.497 e. The SMILES string of the molecule is COc1ccc([C@@H](CNC(=O)c2ccc(Cl)c(Cl)c2)N2CCCC2)cc1. The molecule has 1 N–H and O–H groups in total. The van der Waals surface area contributed by atoms with Crippen molar-refractivity contribution in [2.45, 2.75) is 18.9 Å². The summed E-state index contributed by atoms with van der Waals surface area (Å²) in [6, 6.07) is 13.1. The Hall–Kier alpha value is -1.75. The van der Waals surface area contributed by atoms with Crippen LogP contribution in [0.15, 0.2) is 42.5 Å². The lowest BCUT2D eigenvalue weighted by molar-refractivity contribution is 0.0938. The van der Waals surface area contributed by atoms with E-state index < -0.39 is 0 Å². The standard InChI is InChI=1S/C20H22Cl2N2O2/c1-26-16-7-4-14(5-8-16)19(24-10-2-3-11-24)13-23-20(25)15-6-9-17(21)18(22)12-15/h4-9,12,19H,2-3,10-11,13H2,1H3,(H,23,25)/t19-/m1/s1. The number of rotatable bonds is 6.